The maximum atomic E-state index is 13.4. The topological polar surface area (TPSA) is 23.6 Å². The average molecular weight is 461 g/mol. The van der Waals surface area contributed by atoms with Gasteiger partial charge < -0.3 is 4.90 Å². The molecule has 0 radical (unpaired) electrons. The van der Waals surface area contributed by atoms with Crippen molar-refractivity contribution in [2.24, 2.45) is 5.92 Å². The molecular formula is C29H33ClN2O. The van der Waals surface area contributed by atoms with Crippen molar-refractivity contribution in [3.8, 4) is 0 Å². The molecule has 0 aromatic heterocycles. The number of nitrogens with zero attached hydrogens (tertiary/aromatic N) is 2. The van der Waals surface area contributed by atoms with Crippen LogP contribution in [0.25, 0.3) is 0 Å². The molecule has 1 aliphatic heterocycles. The summed E-state index contributed by atoms with van der Waals surface area (Å²) in [6.45, 7) is 9.89. The zero-order chi connectivity index (χ0) is 23.4. The number of amides is 1. The molecular weight excluding hydrogens is 428 g/mol. The Hall–Kier alpha value is -2.62. The van der Waals surface area contributed by atoms with Crippen LogP contribution in [0.15, 0.2) is 78.9 Å². The first-order valence-electron chi connectivity index (χ1n) is 11.8. The largest absolute Gasteiger partial charge is 0.336 e. The second kappa shape index (κ2) is 10.5. The molecule has 0 N–H and O–H groups in total. The molecule has 3 aromatic carbocycles. The van der Waals surface area contributed by atoms with E-state index < -0.39 is 0 Å². The lowest BCUT2D eigenvalue weighted by Crippen LogP contribution is -2.42. The molecule has 33 heavy (non-hydrogen) atoms. The van der Waals surface area contributed by atoms with Crippen LogP contribution in [0, 0.1) is 12.8 Å². The maximum Gasteiger partial charge on any atom is 0.254 e. The SMILES string of the molecule is Cc1ccccc1[C@H]1CN(Cc2ccccc2Cl)C[C@@H]1CN(C(=O)c1ccccc1)C(C)C. The number of likely N-dealkylation sites (tertiary alicyclic amines) is 1. The Kier molecular flexibility index (Phi) is 7.52. The Morgan fingerprint density at radius 3 is 2.33 bits per heavy atom. The Labute approximate surface area is 203 Å². The number of hydrogen-bond donors (Lipinski definition) is 0. The summed E-state index contributed by atoms with van der Waals surface area (Å²) in [7, 11) is 0. The molecule has 3 nitrogen and oxygen atoms in total. The van der Waals surface area contributed by atoms with E-state index in [-0.39, 0.29) is 11.9 Å². The molecule has 3 aromatic rings. The van der Waals surface area contributed by atoms with Gasteiger partial charge in [-0.2, -0.15) is 0 Å². The van der Waals surface area contributed by atoms with Gasteiger partial charge in [0.05, 0.1) is 0 Å². The molecule has 2 atom stereocenters. The molecule has 1 aliphatic rings. The van der Waals surface area contributed by atoms with Crippen LogP contribution >= 0.6 is 11.6 Å². The van der Waals surface area contributed by atoms with Crippen molar-refractivity contribution in [3.05, 3.63) is 106 Å². The van der Waals surface area contributed by atoms with E-state index in [1.165, 1.54) is 11.1 Å². The maximum absolute atomic E-state index is 13.4. The van der Waals surface area contributed by atoms with Crippen LogP contribution < -0.4 is 0 Å². The molecule has 0 spiro atoms. The summed E-state index contributed by atoms with van der Waals surface area (Å²) in [4.78, 5) is 17.9. The molecule has 4 rings (SSSR count). The first-order valence-corrected chi connectivity index (χ1v) is 12.2. The minimum Gasteiger partial charge on any atom is -0.336 e. The second-order valence-corrected chi connectivity index (χ2v) is 9.83. The van der Waals surface area contributed by atoms with E-state index in [0.717, 1.165) is 42.3 Å². The van der Waals surface area contributed by atoms with E-state index in [4.69, 9.17) is 11.6 Å². The van der Waals surface area contributed by atoms with Crippen LogP contribution in [-0.2, 0) is 6.54 Å². The lowest BCUT2D eigenvalue weighted by molar-refractivity contribution is 0.0668. The van der Waals surface area contributed by atoms with E-state index in [9.17, 15) is 4.79 Å². The van der Waals surface area contributed by atoms with Crippen molar-refractivity contribution in [2.45, 2.75) is 39.3 Å². The smallest absolute Gasteiger partial charge is 0.254 e. The zero-order valence-corrected chi connectivity index (χ0v) is 20.5. The van der Waals surface area contributed by atoms with E-state index in [1.54, 1.807) is 0 Å². The van der Waals surface area contributed by atoms with Gasteiger partial charge in [-0.25, -0.2) is 0 Å². The summed E-state index contributed by atoms with van der Waals surface area (Å²) in [5, 5.41) is 0.816. The fourth-order valence-electron chi connectivity index (χ4n) is 5.02. The Morgan fingerprint density at radius 2 is 1.64 bits per heavy atom. The van der Waals surface area contributed by atoms with E-state index >= 15 is 0 Å². The van der Waals surface area contributed by atoms with Gasteiger partial charge in [-0.15, -0.1) is 0 Å². The van der Waals surface area contributed by atoms with Crippen molar-refractivity contribution in [1.29, 1.82) is 0 Å². The molecule has 1 heterocycles. The highest BCUT2D eigenvalue weighted by Gasteiger charge is 2.37. The molecule has 0 saturated carbocycles. The van der Waals surface area contributed by atoms with Crippen molar-refractivity contribution < 1.29 is 4.79 Å². The van der Waals surface area contributed by atoms with Crippen molar-refractivity contribution in [2.75, 3.05) is 19.6 Å². The van der Waals surface area contributed by atoms with Gasteiger partial charge in [0.2, 0.25) is 0 Å². The molecule has 172 valence electrons. The normalized spacial score (nSPS) is 18.6. The van der Waals surface area contributed by atoms with Crippen LogP contribution in [0.1, 0.15) is 46.8 Å². The number of halogens is 1. The van der Waals surface area contributed by atoms with Gasteiger partial charge in [0, 0.05) is 48.7 Å². The third-order valence-electron chi connectivity index (χ3n) is 6.79. The first-order chi connectivity index (χ1) is 15.9. The van der Waals surface area contributed by atoms with Crippen molar-refractivity contribution in [3.63, 3.8) is 0 Å². The number of hydrogen-bond acceptors (Lipinski definition) is 2. The number of carbonyl (C=O) groups is 1. The second-order valence-electron chi connectivity index (χ2n) is 9.43. The fourth-order valence-corrected chi connectivity index (χ4v) is 5.22. The van der Waals surface area contributed by atoms with Gasteiger partial charge in [-0.1, -0.05) is 72.3 Å². The van der Waals surface area contributed by atoms with Crippen molar-refractivity contribution >= 4 is 17.5 Å². The highest BCUT2D eigenvalue weighted by atomic mass is 35.5. The fraction of sp³-hybridized carbons (Fsp3) is 0.345. The van der Waals surface area contributed by atoms with Gasteiger partial charge in [-0.3, -0.25) is 9.69 Å². The summed E-state index contributed by atoms with van der Waals surface area (Å²) in [6, 6.07) is 26.5. The predicted molar refractivity (Wildman–Crippen MR) is 137 cm³/mol. The van der Waals surface area contributed by atoms with Gasteiger partial charge in [0.1, 0.15) is 0 Å². The molecule has 4 heteroatoms. The third kappa shape index (κ3) is 5.48. The zero-order valence-electron chi connectivity index (χ0n) is 19.7. The number of carbonyl (C=O) groups excluding carboxylic acids is 1. The van der Waals surface area contributed by atoms with Crippen LogP contribution in [-0.4, -0.2) is 41.4 Å². The highest BCUT2D eigenvalue weighted by molar-refractivity contribution is 6.31. The van der Waals surface area contributed by atoms with Gasteiger partial charge in [0.15, 0.2) is 0 Å². The quantitative estimate of drug-likeness (QED) is 0.406. The number of benzene rings is 3. The highest BCUT2D eigenvalue weighted by Crippen LogP contribution is 2.36. The average Bonchev–Trinajstić information content (AvgIpc) is 3.21. The number of aryl methyl sites for hydroxylation is 1. The van der Waals surface area contributed by atoms with E-state index in [0.29, 0.717) is 11.8 Å². The lowest BCUT2D eigenvalue weighted by atomic mass is 9.86. The predicted octanol–water partition coefficient (Wildman–Crippen LogP) is 6.41. The first kappa shape index (κ1) is 23.5. The summed E-state index contributed by atoms with van der Waals surface area (Å²) in [5.74, 6) is 0.834. The van der Waals surface area contributed by atoms with Crippen LogP contribution in [0.5, 0.6) is 0 Å². The molecule has 1 saturated heterocycles. The summed E-state index contributed by atoms with van der Waals surface area (Å²) >= 11 is 6.47. The van der Waals surface area contributed by atoms with Crippen LogP contribution in [0.3, 0.4) is 0 Å². The van der Waals surface area contributed by atoms with Gasteiger partial charge in [-0.05, 0) is 61.6 Å². The lowest BCUT2D eigenvalue weighted by Gasteiger charge is -2.32. The van der Waals surface area contributed by atoms with Gasteiger partial charge in [0.25, 0.3) is 5.91 Å². The molecule has 0 bridgehead atoms. The van der Waals surface area contributed by atoms with E-state index in [2.05, 4.69) is 56.0 Å². The summed E-state index contributed by atoms with van der Waals surface area (Å²) < 4.78 is 0. The van der Waals surface area contributed by atoms with Gasteiger partial charge >= 0.3 is 0 Å². The molecule has 1 fully saturated rings. The van der Waals surface area contributed by atoms with Crippen LogP contribution in [0.4, 0.5) is 0 Å². The Morgan fingerprint density at radius 1 is 0.970 bits per heavy atom. The molecule has 1 amide bonds. The van der Waals surface area contributed by atoms with Crippen molar-refractivity contribution in [1.82, 2.24) is 9.80 Å². The molecule has 0 aliphatic carbocycles. The van der Waals surface area contributed by atoms with Crippen LogP contribution in [0.2, 0.25) is 5.02 Å². The minimum atomic E-state index is 0.110. The third-order valence-corrected chi connectivity index (χ3v) is 7.16. The monoisotopic (exact) mass is 460 g/mol. The Balaban J connectivity index is 1.60. The standard InChI is InChI=1S/C29H33ClN2O/c1-21(2)32(29(33)23-12-5-4-6-13-23)19-25-18-31(17-24-14-8-10-16-28(24)30)20-27(25)26-15-9-7-11-22(26)3/h4-16,21,25,27H,17-20H2,1-3H3/t25-,27+/m1/s1. The summed E-state index contributed by atoms with van der Waals surface area (Å²) in [6.07, 6.45) is 0. The summed E-state index contributed by atoms with van der Waals surface area (Å²) in [5.41, 5.74) is 4.62. The van der Waals surface area contributed by atoms with E-state index in [1.807, 2.05) is 53.4 Å². The Bertz CT molecular complexity index is 1080. The minimum absolute atomic E-state index is 0.110. The molecule has 0 unspecified atom stereocenters. The number of rotatable bonds is 7.